The van der Waals surface area contributed by atoms with Crippen LogP contribution in [0.1, 0.15) is 38.1 Å². The molecule has 0 saturated carbocycles. The number of hydrogen-bond donors (Lipinski definition) is 1. The van der Waals surface area contributed by atoms with E-state index in [1.807, 2.05) is 19.1 Å². The van der Waals surface area contributed by atoms with E-state index in [1.165, 1.54) is 12.8 Å². The van der Waals surface area contributed by atoms with Crippen LogP contribution in [0.5, 0.6) is 5.75 Å². The lowest BCUT2D eigenvalue weighted by molar-refractivity contribution is 0.248. The van der Waals surface area contributed by atoms with E-state index in [9.17, 15) is 0 Å². The van der Waals surface area contributed by atoms with Crippen molar-refractivity contribution in [2.75, 3.05) is 13.2 Å². The summed E-state index contributed by atoms with van der Waals surface area (Å²) in [4.78, 5) is 4.48. The number of rotatable bonds is 7. The Morgan fingerprint density at radius 1 is 1.41 bits per heavy atom. The first kappa shape index (κ1) is 14.0. The van der Waals surface area contributed by atoms with Crippen molar-refractivity contribution in [3.8, 4) is 5.75 Å². The molecular formula is C14H24N2O. The van der Waals surface area contributed by atoms with Gasteiger partial charge < -0.3 is 10.5 Å². The van der Waals surface area contributed by atoms with Crippen LogP contribution in [0, 0.1) is 12.8 Å². The first-order chi connectivity index (χ1) is 8.17. The third kappa shape index (κ3) is 4.73. The van der Waals surface area contributed by atoms with Gasteiger partial charge >= 0.3 is 0 Å². The number of aryl methyl sites for hydroxylation is 1. The molecule has 0 aromatic carbocycles. The van der Waals surface area contributed by atoms with Gasteiger partial charge in [0, 0.05) is 12.1 Å². The first-order valence-electron chi connectivity index (χ1n) is 6.46. The molecule has 96 valence electrons. The van der Waals surface area contributed by atoms with E-state index in [0.717, 1.165) is 30.2 Å². The third-order valence-corrected chi connectivity index (χ3v) is 2.76. The third-order valence-electron chi connectivity index (χ3n) is 2.76. The molecule has 17 heavy (non-hydrogen) atoms. The van der Waals surface area contributed by atoms with Gasteiger partial charge in [-0.3, -0.25) is 4.98 Å². The van der Waals surface area contributed by atoms with E-state index < -0.39 is 0 Å². The summed E-state index contributed by atoms with van der Waals surface area (Å²) in [6.45, 7) is 7.77. The van der Waals surface area contributed by atoms with Crippen molar-refractivity contribution in [3.63, 3.8) is 0 Å². The van der Waals surface area contributed by atoms with E-state index in [0.29, 0.717) is 12.5 Å². The zero-order valence-corrected chi connectivity index (χ0v) is 11.2. The molecule has 0 radical (unpaired) electrons. The van der Waals surface area contributed by atoms with Gasteiger partial charge in [-0.2, -0.15) is 0 Å². The molecule has 1 unspecified atom stereocenters. The van der Waals surface area contributed by atoms with Gasteiger partial charge in [-0.25, -0.2) is 0 Å². The van der Waals surface area contributed by atoms with Crippen LogP contribution in [0.25, 0.3) is 0 Å². The van der Waals surface area contributed by atoms with Crippen molar-refractivity contribution in [1.29, 1.82) is 0 Å². The van der Waals surface area contributed by atoms with Crippen molar-refractivity contribution in [3.05, 3.63) is 23.5 Å². The number of nitrogens with two attached hydrogens (primary N) is 1. The average Bonchev–Trinajstić information content (AvgIpc) is 2.29. The molecule has 1 aromatic rings. The zero-order chi connectivity index (χ0) is 12.7. The summed E-state index contributed by atoms with van der Waals surface area (Å²) in [5.74, 6) is 1.48. The van der Waals surface area contributed by atoms with Gasteiger partial charge in [-0.05, 0) is 37.9 Å². The van der Waals surface area contributed by atoms with Crippen LogP contribution in [0.2, 0.25) is 0 Å². The minimum absolute atomic E-state index is 0.590. The zero-order valence-electron chi connectivity index (χ0n) is 11.2. The van der Waals surface area contributed by atoms with Crippen LogP contribution in [-0.4, -0.2) is 18.1 Å². The molecule has 0 aliphatic carbocycles. The summed E-state index contributed by atoms with van der Waals surface area (Å²) in [7, 11) is 0. The van der Waals surface area contributed by atoms with E-state index in [2.05, 4.69) is 18.8 Å². The fourth-order valence-electron chi connectivity index (χ4n) is 1.85. The molecule has 1 rings (SSSR count). The van der Waals surface area contributed by atoms with E-state index >= 15 is 0 Å². The van der Waals surface area contributed by atoms with Crippen LogP contribution >= 0.6 is 0 Å². The predicted octanol–water partition coefficient (Wildman–Crippen LogP) is 2.71. The first-order valence-corrected chi connectivity index (χ1v) is 6.46. The number of aromatic nitrogens is 1. The smallest absolute Gasteiger partial charge is 0.140 e. The molecule has 0 aliphatic rings. The maximum atomic E-state index is 5.84. The quantitative estimate of drug-likeness (QED) is 0.792. The molecule has 2 N–H and O–H groups in total. The Labute approximate surface area is 104 Å². The molecule has 1 atom stereocenters. The van der Waals surface area contributed by atoms with Crippen molar-refractivity contribution in [1.82, 2.24) is 4.98 Å². The highest BCUT2D eigenvalue weighted by molar-refractivity contribution is 5.29. The van der Waals surface area contributed by atoms with Gasteiger partial charge in [-0.1, -0.05) is 20.3 Å². The Bertz CT molecular complexity index is 339. The lowest BCUT2D eigenvalue weighted by Crippen LogP contribution is -2.12. The Morgan fingerprint density at radius 3 is 2.82 bits per heavy atom. The Morgan fingerprint density at radius 2 is 2.18 bits per heavy atom. The molecule has 0 amide bonds. The number of nitrogens with zero attached hydrogens (tertiary/aromatic N) is 1. The summed E-state index contributed by atoms with van der Waals surface area (Å²) in [5, 5.41) is 0. The highest BCUT2D eigenvalue weighted by atomic mass is 16.5. The predicted molar refractivity (Wildman–Crippen MR) is 71.3 cm³/mol. The molecule has 0 saturated heterocycles. The normalized spacial score (nSPS) is 12.5. The van der Waals surface area contributed by atoms with E-state index in [-0.39, 0.29) is 0 Å². The van der Waals surface area contributed by atoms with Gasteiger partial charge in [0.05, 0.1) is 12.3 Å². The number of pyridine rings is 1. The molecular weight excluding hydrogens is 212 g/mol. The summed E-state index contributed by atoms with van der Waals surface area (Å²) in [6, 6.07) is 3.99. The maximum Gasteiger partial charge on any atom is 0.140 e. The van der Waals surface area contributed by atoms with Gasteiger partial charge in [0.2, 0.25) is 0 Å². The number of ether oxygens (including phenoxy) is 1. The fraction of sp³-hybridized carbons (Fsp3) is 0.643. The van der Waals surface area contributed by atoms with E-state index in [1.54, 1.807) is 0 Å². The lowest BCUT2D eigenvalue weighted by atomic mass is 10.1. The molecule has 0 aliphatic heterocycles. The molecule has 1 heterocycles. The maximum absolute atomic E-state index is 5.84. The fourth-order valence-corrected chi connectivity index (χ4v) is 1.85. The van der Waals surface area contributed by atoms with Gasteiger partial charge in [0.15, 0.2) is 0 Å². The Kier molecular flexibility index (Phi) is 5.98. The van der Waals surface area contributed by atoms with Crippen LogP contribution in [0.3, 0.4) is 0 Å². The summed E-state index contributed by atoms with van der Waals surface area (Å²) in [5.41, 5.74) is 7.59. The molecule has 0 spiro atoms. The molecule has 3 nitrogen and oxygen atoms in total. The van der Waals surface area contributed by atoms with Gasteiger partial charge in [0.1, 0.15) is 5.75 Å². The Balaban J connectivity index is 2.62. The SMILES string of the molecule is CCCC(C)COc1ccc(C)nc1CCN. The second-order valence-corrected chi connectivity index (χ2v) is 4.64. The average molecular weight is 236 g/mol. The van der Waals surface area contributed by atoms with Crippen LogP contribution < -0.4 is 10.5 Å². The minimum atomic E-state index is 0.590. The van der Waals surface area contributed by atoms with Crippen LogP contribution in [0.15, 0.2) is 12.1 Å². The highest BCUT2D eigenvalue weighted by Crippen LogP contribution is 2.18. The van der Waals surface area contributed by atoms with Gasteiger partial charge in [-0.15, -0.1) is 0 Å². The van der Waals surface area contributed by atoms with Gasteiger partial charge in [0.25, 0.3) is 0 Å². The largest absolute Gasteiger partial charge is 0.491 e. The molecule has 0 fully saturated rings. The van der Waals surface area contributed by atoms with Crippen LogP contribution in [-0.2, 0) is 6.42 Å². The van der Waals surface area contributed by atoms with Crippen molar-refractivity contribution in [2.24, 2.45) is 11.7 Å². The summed E-state index contributed by atoms with van der Waals surface area (Å²) >= 11 is 0. The summed E-state index contributed by atoms with van der Waals surface area (Å²) in [6.07, 6.45) is 3.18. The highest BCUT2D eigenvalue weighted by Gasteiger charge is 2.07. The van der Waals surface area contributed by atoms with Crippen molar-refractivity contribution in [2.45, 2.75) is 40.0 Å². The second-order valence-electron chi connectivity index (χ2n) is 4.64. The Hall–Kier alpha value is -1.09. The van der Waals surface area contributed by atoms with Crippen molar-refractivity contribution < 1.29 is 4.74 Å². The number of hydrogen-bond acceptors (Lipinski definition) is 3. The topological polar surface area (TPSA) is 48.1 Å². The molecule has 0 bridgehead atoms. The standard InChI is InChI=1S/C14H24N2O/c1-4-5-11(2)10-17-14-7-6-12(3)16-13(14)8-9-15/h6-7,11H,4-5,8-10,15H2,1-3H3. The minimum Gasteiger partial charge on any atom is -0.491 e. The monoisotopic (exact) mass is 236 g/mol. The molecule has 1 aromatic heterocycles. The lowest BCUT2D eigenvalue weighted by Gasteiger charge is -2.14. The van der Waals surface area contributed by atoms with E-state index in [4.69, 9.17) is 10.5 Å². The molecule has 3 heteroatoms. The summed E-state index contributed by atoms with van der Waals surface area (Å²) < 4.78 is 5.84. The van der Waals surface area contributed by atoms with Crippen LogP contribution in [0.4, 0.5) is 0 Å². The second kappa shape index (κ2) is 7.28. The van der Waals surface area contributed by atoms with Crippen molar-refractivity contribution >= 4 is 0 Å².